The maximum Gasteiger partial charge on any atom is 0.360 e. The van der Waals surface area contributed by atoms with Crippen LogP contribution >= 0.6 is 0 Å². The van der Waals surface area contributed by atoms with Gasteiger partial charge >= 0.3 is 5.97 Å². The van der Waals surface area contributed by atoms with Gasteiger partial charge in [0.15, 0.2) is 5.69 Å². The van der Waals surface area contributed by atoms with Crippen LogP contribution in [0.25, 0.3) is 11.0 Å². The zero-order valence-corrected chi connectivity index (χ0v) is 23.1. The van der Waals surface area contributed by atoms with Gasteiger partial charge in [0.25, 0.3) is 11.5 Å². The van der Waals surface area contributed by atoms with Crippen molar-refractivity contribution >= 4 is 28.6 Å². The second-order valence-electron chi connectivity index (χ2n) is 12.4. The summed E-state index contributed by atoms with van der Waals surface area (Å²) in [5.41, 5.74) is 5.01. The molecule has 6 rings (SSSR count). The number of para-hydroxylation sites is 2. The highest BCUT2D eigenvalue weighted by Crippen LogP contribution is 2.47. The van der Waals surface area contributed by atoms with Crippen molar-refractivity contribution in [2.24, 2.45) is 22.7 Å². The van der Waals surface area contributed by atoms with Crippen LogP contribution < -0.4 is 11.3 Å². The average Bonchev–Trinajstić information content (AvgIpc) is 2.92. The van der Waals surface area contributed by atoms with Gasteiger partial charge in [-0.25, -0.2) is 9.78 Å². The standard InChI is InChI=1S/C30H39N5O5/c1-17(28(31)36)40-33-27(30(38)39)26-29(37)35(25-11-3-2-10-24(25)32-26)23-15-20-8-5-9-21(16-23)34(20)22-13-18-6-4-7-19(12-18)14-22/h2-3,10-11,17-23H,4-9,12-16H2,1H3,(H2,31,36)(H,38,39)/b33-27-/t17?,18?,19?,20-,21+,22?,23?. The van der Waals surface area contributed by atoms with E-state index in [9.17, 15) is 19.5 Å². The van der Waals surface area contributed by atoms with Gasteiger partial charge in [-0.15, -0.1) is 0 Å². The molecule has 10 heteroatoms. The number of carboxylic acids is 1. The molecule has 2 aliphatic carbocycles. The van der Waals surface area contributed by atoms with E-state index in [1.54, 1.807) is 10.6 Å². The van der Waals surface area contributed by atoms with Gasteiger partial charge in [0.2, 0.25) is 11.8 Å². The highest BCUT2D eigenvalue weighted by molar-refractivity contribution is 6.41. The number of carboxylic acid groups (broad SMARTS) is 1. The van der Waals surface area contributed by atoms with E-state index in [4.69, 9.17) is 10.6 Å². The number of nitrogens with two attached hydrogens (primary N) is 1. The molecule has 2 aliphatic heterocycles. The molecule has 4 bridgehead atoms. The summed E-state index contributed by atoms with van der Waals surface area (Å²) in [4.78, 5) is 49.9. The first kappa shape index (κ1) is 26.9. The van der Waals surface area contributed by atoms with E-state index in [1.165, 1.54) is 51.9 Å². The van der Waals surface area contributed by atoms with E-state index in [-0.39, 0.29) is 11.7 Å². The monoisotopic (exact) mass is 549 g/mol. The molecule has 40 heavy (non-hydrogen) atoms. The van der Waals surface area contributed by atoms with Gasteiger partial charge < -0.3 is 20.2 Å². The summed E-state index contributed by atoms with van der Waals surface area (Å²) in [6, 6.07) is 8.73. The van der Waals surface area contributed by atoms with Crippen LogP contribution in [0.15, 0.2) is 34.2 Å². The van der Waals surface area contributed by atoms with Gasteiger partial charge in [-0.1, -0.05) is 43.0 Å². The smallest absolute Gasteiger partial charge is 0.360 e. The van der Waals surface area contributed by atoms with Crippen LogP contribution in [0.4, 0.5) is 0 Å². The van der Waals surface area contributed by atoms with E-state index in [0.29, 0.717) is 29.2 Å². The third-order valence-electron chi connectivity index (χ3n) is 9.82. The third-order valence-corrected chi connectivity index (χ3v) is 9.82. The van der Waals surface area contributed by atoms with Crippen molar-refractivity contribution in [1.82, 2.24) is 14.5 Å². The Morgan fingerprint density at radius 3 is 2.27 bits per heavy atom. The van der Waals surface area contributed by atoms with Gasteiger partial charge in [-0.05, 0) is 75.8 Å². The number of hydrogen-bond donors (Lipinski definition) is 2. The summed E-state index contributed by atoms with van der Waals surface area (Å²) >= 11 is 0. The van der Waals surface area contributed by atoms with Crippen molar-refractivity contribution in [3.8, 4) is 0 Å². The quantitative estimate of drug-likeness (QED) is 0.397. The second kappa shape index (κ2) is 11.0. The zero-order chi connectivity index (χ0) is 28.0. The Morgan fingerprint density at radius 2 is 1.62 bits per heavy atom. The first-order valence-electron chi connectivity index (χ1n) is 14.9. The number of fused-ring (bicyclic) bond motifs is 5. The number of aromatic nitrogens is 2. The third kappa shape index (κ3) is 5.02. The molecule has 3 heterocycles. The number of benzene rings is 1. The lowest BCUT2D eigenvalue weighted by molar-refractivity contribution is -0.131. The Kier molecular flexibility index (Phi) is 7.37. The molecule has 2 saturated carbocycles. The summed E-state index contributed by atoms with van der Waals surface area (Å²) in [5, 5.41) is 13.6. The number of amides is 1. The minimum atomic E-state index is -1.46. The molecule has 2 saturated heterocycles. The Morgan fingerprint density at radius 1 is 0.975 bits per heavy atom. The van der Waals surface area contributed by atoms with Crippen molar-refractivity contribution in [2.75, 3.05) is 0 Å². The fourth-order valence-corrected chi connectivity index (χ4v) is 8.17. The Balaban J connectivity index is 1.36. The van der Waals surface area contributed by atoms with Gasteiger partial charge in [0, 0.05) is 24.2 Å². The summed E-state index contributed by atoms with van der Waals surface area (Å²) in [5.74, 6) is -0.535. The van der Waals surface area contributed by atoms with Crippen molar-refractivity contribution in [2.45, 2.75) is 108 Å². The molecule has 4 aliphatic rings. The number of primary amides is 1. The molecular formula is C30H39N5O5. The molecule has 10 nitrogen and oxygen atoms in total. The molecule has 1 aromatic heterocycles. The lowest BCUT2D eigenvalue weighted by Gasteiger charge is -2.55. The second-order valence-corrected chi connectivity index (χ2v) is 12.4. The minimum absolute atomic E-state index is 0.0747. The number of oxime groups is 1. The lowest BCUT2D eigenvalue weighted by atomic mass is 9.68. The molecule has 6 atom stereocenters. The molecule has 3 N–H and O–H groups in total. The summed E-state index contributed by atoms with van der Waals surface area (Å²) in [6.07, 6.45) is 12.1. The Hall–Kier alpha value is -3.27. The molecule has 0 spiro atoms. The molecule has 0 radical (unpaired) electrons. The van der Waals surface area contributed by atoms with Crippen LogP contribution in [0.3, 0.4) is 0 Å². The van der Waals surface area contributed by atoms with Crippen molar-refractivity contribution in [3.63, 3.8) is 0 Å². The first-order chi connectivity index (χ1) is 19.3. The molecule has 1 amide bonds. The molecular weight excluding hydrogens is 510 g/mol. The Labute approximate surface area is 233 Å². The minimum Gasteiger partial charge on any atom is -0.476 e. The van der Waals surface area contributed by atoms with Crippen LogP contribution in [-0.2, 0) is 14.4 Å². The number of rotatable bonds is 7. The Bertz CT molecular complexity index is 1360. The molecule has 4 unspecified atom stereocenters. The van der Waals surface area contributed by atoms with Crippen LogP contribution in [0.5, 0.6) is 0 Å². The van der Waals surface area contributed by atoms with Gasteiger partial charge in [-0.2, -0.15) is 0 Å². The summed E-state index contributed by atoms with van der Waals surface area (Å²) in [7, 11) is 0. The number of piperidine rings is 2. The zero-order valence-electron chi connectivity index (χ0n) is 23.1. The largest absolute Gasteiger partial charge is 0.476 e. The number of carbonyl (C=O) groups excluding carboxylic acids is 1. The van der Waals surface area contributed by atoms with E-state index in [1.807, 2.05) is 18.2 Å². The molecule has 214 valence electrons. The number of aliphatic carboxylic acids is 1. The average molecular weight is 550 g/mol. The summed E-state index contributed by atoms with van der Waals surface area (Å²) in [6.45, 7) is 1.36. The van der Waals surface area contributed by atoms with Crippen molar-refractivity contribution in [1.29, 1.82) is 0 Å². The molecule has 2 aromatic rings. The number of nitrogens with zero attached hydrogens (tertiary/aromatic N) is 4. The number of carbonyl (C=O) groups is 2. The summed E-state index contributed by atoms with van der Waals surface area (Å²) < 4.78 is 1.76. The molecule has 1 aromatic carbocycles. The van der Waals surface area contributed by atoms with Gasteiger partial charge in [-0.3, -0.25) is 14.5 Å². The maximum absolute atomic E-state index is 14.0. The van der Waals surface area contributed by atoms with Crippen LogP contribution in [-0.4, -0.2) is 61.4 Å². The normalized spacial score (nSPS) is 31.5. The van der Waals surface area contributed by atoms with Crippen LogP contribution in [0.2, 0.25) is 0 Å². The lowest BCUT2D eigenvalue weighted by Crippen LogP contribution is -2.58. The van der Waals surface area contributed by atoms with E-state index in [2.05, 4.69) is 15.0 Å². The predicted octanol–water partition coefficient (Wildman–Crippen LogP) is 3.60. The van der Waals surface area contributed by atoms with E-state index in [0.717, 1.165) is 37.5 Å². The highest BCUT2D eigenvalue weighted by atomic mass is 16.6. The van der Waals surface area contributed by atoms with Crippen molar-refractivity contribution < 1.29 is 19.5 Å². The van der Waals surface area contributed by atoms with Crippen molar-refractivity contribution in [3.05, 3.63) is 40.3 Å². The van der Waals surface area contributed by atoms with Crippen LogP contribution in [0.1, 0.15) is 89.3 Å². The highest BCUT2D eigenvalue weighted by Gasteiger charge is 2.45. The first-order valence-corrected chi connectivity index (χ1v) is 14.9. The topological polar surface area (TPSA) is 140 Å². The fourth-order valence-electron chi connectivity index (χ4n) is 8.17. The SMILES string of the molecule is CC(O/N=C(\C(=O)O)c1nc2ccccc2n(C2C[C@H]3CCC[C@@H](C2)N3C2CC3CCCC(C3)C2)c1=O)C(N)=O. The van der Waals surface area contributed by atoms with E-state index < -0.39 is 29.3 Å². The van der Waals surface area contributed by atoms with Crippen LogP contribution in [0, 0.1) is 11.8 Å². The predicted molar refractivity (Wildman–Crippen MR) is 150 cm³/mol. The van der Waals surface area contributed by atoms with E-state index >= 15 is 0 Å². The van der Waals surface area contributed by atoms with Gasteiger partial charge in [0.1, 0.15) is 0 Å². The van der Waals surface area contributed by atoms with Gasteiger partial charge in [0.05, 0.1) is 11.0 Å². The fraction of sp³-hybridized carbons (Fsp3) is 0.633. The maximum atomic E-state index is 14.0. The molecule has 4 fully saturated rings. The number of hydrogen-bond acceptors (Lipinski definition) is 7.